The van der Waals surface area contributed by atoms with E-state index in [1.54, 1.807) is 23.5 Å². The molecule has 7 heteroatoms. The largest absolute Gasteiger partial charge is 0.370 e. The molecule has 29 heavy (non-hydrogen) atoms. The minimum absolute atomic E-state index is 0.290. The van der Waals surface area contributed by atoms with E-state index in [0.29, 0.717) is 17.3 Å². The van der Waals surface area contributed by atoms with E-state index in [0.717, 1.165) is 45.3 Å². The SMILES string of the molecule is CCNc1[nH]nc(-c2ccccc2F)c1-c1ccc2nc(N[C@H](C)CC)sc2c1. The van der Waals surface area contributed by atoms with Crippen LogP contribution in [0.15, 0.2) is 42.5 Å². The Morgan fingerprint density at radius 2 is 2.00 bits per heavy atom. The molecule has 0 spiro atoms. The molecule has 1 atom stereocenters. The number of halogens is 1. The summed E-state index contributed by atoms with van der Waals surface area (Å²) < 4.78 is 15.6. The Morgan fingerprint density at radius 1 is 1.17 bits per heavy atom. The van der Waals surface area contributed by atoms with E-state index in [1.807, 2.05) is 25.1 Å². The number of benzene rings is 2. The summed E-state index contributed by atoms with van der Waals surface area (Å²) in [6.45, 7) is 7.05. The maximum Gasteiger partial charge on any atom is 0.183 e. The molecule has 4 aromatic rings. The van der Waals surface area contributed by atoms with E-state index in [4.69, 9.17) is 0 Å². The van der Waals surface area contributed by atoms with Crippen LogP contribution in [0.4, 0.5) is 15.3 Å². The minimum atomic E-state index is -0.290. The molecule has 0 bridgehead atoms. The molecular formula is C22H24FN5S. The van der Waals surface area contributed by atoms with Crippen molar-refractivity contribution in [3.05, 3.63) is 48.3 Å². The number of thiazole rings is 1. The van der Waals surface area contributed by atoms with Crippen LogP contribution in [-0.2, 0) is 0 Å². The number of anilines is 2. The molecule has 5 nitrogen and oxygen atoms in total. The summed E-state index contributed by atoms with van der Waals surface area (Å²) in [7, 11) is 0. The first kappa shape index (κ1) is 19.4. The van der Waals surface area contributed by atoms with Gasteiger partial charge in [0, 0.05) is 18.2 Å². The molecule has 0 radical (unpaired) electrons. The molecule has 0 aliphatic carbocycles. The first-order valence-corrected chi connectivity index (χ1v) is 10.7. The predicted octanol–water partition coefficient (Wildman–Crippen LogP) is 6.13. The molecule has 0 aliphatic heterocycles. The van der Waals surface area contributed by atoms with Crippen molar-refractivity contribution in [2.45, 2.75) is 33.2 Å². The Bertz CT molecular complexity index is 1130. The highest BCUT2D eigenvalue weighted by molar-refractivity contribution is 7.22. The van der Waals surface area contributed by atoms with Crippen molar-refractivity contribution in [1.82, 2.24) is 15.2 Å². The first-order chi connectivity index (χ1) is 14.1. The molecule has 2 aromatic heterocycles. The lowest BCUT2D eigenvalue weighted by Gasteiger charge is -2.08. The van der Waals surface area contributed by atoms with Crippen LogP contribution in [0.3, 0.4) is 0 Å². The Hall–Kier alpha value is -2.93. The van der Waals surface area contributed by atoms with Crippen molar-refractivity contribution in [1.29, 1.82) is 0 Å². The van der Waals surface area contributed by atoms with E-state index in [2.05, 4.69) is 45.7 Å². The van der Waals surface area contributed by atoms with Crippen LogP contribution < -0.4 is 10.6 Å². The molecule has 0 aliphatic rings. The number of nitrogens with zero attached hydrogens (tertiary/aromatic N) is 2. The third-order valence-corrected chi connectivity index (χ3v) is 5.86. The van der Waals surface area contributed by atoms with E-state index in [1.165, 1.54) is 6.07 Å². The average molecular weight is 410 g/mol. The van der Waals surface area contributed by atoms with Gasteiger partial charge in [0.2, 0.25) is 0 Å². The summed E-state index contributed by atoms with van der Waals surface area (Å²) in [4.78, 5) is 4.68. The highest BCUT2D eigenvalue weighted by Gasteiger charge is 2.20. The lowest BCUT2D eigenvalue weighted by Crippen LogP contribution is -2.12. The zero-order chi connectivity index (χ0) is 20.4. The first-order valence-electron chi connectivity index (χ1n) is 9.85. The van der Waals surface area contributed by atoms with Crippen molar-refractivity contribution < 1.29 is 4.39 Å². The average Bonchev–Trinajstić information content (AvgIpc) is 3.31. The summed E-state index contributed by atoms with van der Waals surface area (Å²) in [5.41, 5.74) is 3.86. The van der Waals surface area contributed by atoms with Gasteiger partial charge in [0.25, 0.3) is 0 Å². The van der Waals surface area contributed by atoms with Crippen LogP contribution in [0.5, 0.6) is 0 Å². The zero-order valence-corrected chi connectivity index (χ0v) is 17.5. The molecule has 0 unspecified atom stereocenters. The number of hydrogen-bond donors (Lipinski definition) is 3. The quantitative estimate of drug-likeness (QED) is 0.343. The Kier molecular flexibility index (Phi) is 5.49. The van der Waals surface area contributed by atoms with Gasteiger partial charge in [-0.05, 0) is 50.1 Å². The summed E-state index contributed by atoms with van der Waals surface area (Å²) in [5, 5.41) is 15.1. The third kappa shape index (κ3) is 3.82. The van der Waals surface area contributed by atoms with Gasteiger partial charge in [0.15, 0.2) is 5.13 Å². The summed E-state index contributed by atoms with van der Waals surface area (Å²) in [5.74, 6) is 0.495. The molecule has 0 saturated heterocycles. The number of H-pyrrole nitrogens is 1. The second-order valence-corrected chi connectivity index (χ2v) is 8.02. The maximum absolute atomic E-state index is 14.5. The third-order valence-electron chi connectivity index (χ3n) is 4.91. The van der Waals surface area contributed by atoms with Crippen molar-refractivity contribution in [2.75, 3.05) is 17.2 Å². The molecule has 2 heterocycles. The Labute approximate surface area is 173 Å². The van der Waals surface area contributed by atoms with Crippen LogP contribution in [0.25, 0.3) is 32.6 Å². The zero-order valence-electron chi connectivity index (χ0n) is 16.7. The van der Waals surface area contributed by atoms with Crippen LogP contribution >= 0.6 is 11.3 Å². The standard InChI is InChI=1S/C22H24FN5S/c1-4-13(3)25-22-26-17-11-10-14(12-18(17)29-22)19-20(27-28-21(19)24-5-2)15-8-6-7-9-16(15)23/h6-13H,4-5H2,1-3H3,(H,25,26)(H2,24,27,28)/t13-/m1/s1. The Balaban J connectivity index is 1.82. The van der Waals surface area contributed by atoms with E-state index in [9.17, 15) is 4.39 Å². The predicted molar refractivity (Wildman–Crippen MR) is 120 cm³/mol. The number of hydrogen-bond acceptors (Lipinski definition) is 5. The van der Waals surface area contributed by atoms with Crippen molar-refractivity contribution >= 4 is 32.5 Å². The fourth-order valence-electron chi connectivity index (χ4n) is 3.23. The number of aromatic amines is 1. The second-order valence-electron chi connectivity index (χ2n) is 6.99. The normalized spacial score (nSPS) is 12.3. The Morgan fingerprint density at radius 3 is 2.76 bits per heavy atom. The van der Waals surface area contributed by atoms with Crippen molar-refractivity contribution in [3.63, 3.8) is 0 Å². The molecule has 3 N–H and O–H groups in total. The van der Waals surface area contributed by atoms with Crippen LogP contribution in [0, 0.1) is 5.82 Å². The van der Waals surface area contributed by atoms with Gasteiger partial charge in [-0.15, -0.1) is 0 Å². The van der Waals surface area contributed by atoms with Gasteiger partial charge < -0.3 is 10.6 Å². The molecule has 0 saturated carbocycles. The van der Waals surface area contributed by atoms with Crippen LogP contribution in [0.1, 0.15) is 27.2 Å². The number of nitrogens with one attached hydrogen (secondary N) is 3. The maximum atomic E-state index is 14.5. The lowest BCUT2D eigenvalue weighted by molar-refractivity contribution is 0.630. The topological polar surface area (TPSA) is 65.6 Å². The number of fused-ring (bicyclic) bond motifs is 1. The summed E-state index contributed by atoms with van der Waals surface area (Å²) in [6.07, 6.45) is 1.04. The van der Waals surface area contributed by atoms with E-state index < -0.39 is 0 Å². The van der Waals surface area contributed by atoms with Crippen molar-refractivity contribution in [2.24, 2.45) is 0 Å². The van der Waals surface area contributed by atoms with Gasteiger partial charge in [-0.2, -0.15) is 5.10 Å². The van der Waals surface area contributed by atoms with Gasteiger partial charge in [-0.25, -0.2) is 9.37 Å². The highest BCUT2D eigenvalue weighted by Crippen LogP contribution is 2.39. The fraction of sp³-hybridized carbons (Fsp3) is 0.273. The van der Waals surface area contributed by atoms with Crippen LogP contribution in [-0.4, -0.2) is 27.8 Å². The molecule has 4 rings (SSSR count). The van der Waals surface area contributed by atoms with Crippen LogP contribution in [0.2, 0.25) is 0 Å². The highest BCUT2D eigenvalue weighted by atomic mass is 32.1. The smallest absolute Gasteiger partial charge is 0.183 e. The molecule has 150 valence electrons. The molecule has 0 amide bonds. The lowest BCUT2D eigenvalue weighted by atomic mass is 10.00. The molecule has 0 fully saturated rings. The summed E-state index contributed by atoms with van der Waals surface area (Å²) >= 11 is 1.63. The fourth-order valence-corrected chi connectivity index (χ4v) is 4.25. The minimum Gasteiger partial charge on any atom is -0.370 e. The van der Waals surface area contributed by atoms with Gasteiger partial charge in [-0.3, -0.25) is 5.10 Å². The summed E-state index contributed by atoms with van der Waals surface area (Å²) in [6, 6.07) is 13.2. The van der Waals surface area contributed by atoms with Gasteiger partial charge in [0.1, 0.15) is 17.3 Å². The van der Waals surface area contributed by atoms with Crippen molar-refractivity contribution in [3.8, 4) is 22.4 Å². The van der Waals surface area contributed by atoms with Gasteiger partial charge in [0.05, 0.1) is 15.8 Å². The number of rotatable bonds is 7. The van der Waals surface area contributed by atoms with Gasteiger partial charge in [-0.1, -0.05) is 36.5 Å². The van der Waals surface area contributed by atoms with E-state index >= 15 is 0 Å². The van der Waals surface area contributed by atoms with Gasteiger partial charge >= 0.3 is 0 Å². The number of aromatic nitrogens is 3. The van der Waals surface area contributed by atoms with E-state index in [-0.39, 0.29) is 5.82 Å². The second kappa shape index (κ2) is 8.21. The molecule has 2 aromatic carbocycles. The monoisotopic (exact) mass is 409 g/mol. The molecular weight excluding hydrogens is 385 g/mol.